The minimum absolute atomic E-state index is 0.0187. The maximum Gasteiger partial charge on any atom is 0.326 e. The van der Waals surface area contributed by atoms with Gasteiger partial charge >= 0.3 is 11.9 Å². The van der Waals surface area contributed by atoms with E-state index in [1.165, 1.54) is 0 Å². The second-order valence-electron chi connectivity index (χ2n) is 8.32. The second-order valence-corrected chi connectivity index (χ2v) is 8.32. The molecule has 0 bridgehead atoms. The molecule has 0 aromatic carbocycles. The molecule has 15 nitrogen and oxygen atoms in total. The number of nitrogens with zero attached hydrogens (tertiary/aromatic N) is 1. The first-order chi connectivity index (χ1) is 16.3. The van der Waals surface area contributed by atoms with Crippen LogP contribution >= 0.6 is 0 Å². The predicted molar refractivity (Wildman–Crippen MR) is 125 cm³/mol. The molecular formula is C20H37N7O8. The van der Waals surface area contributed by atoms with Crippen molar-refractivity contribution in [1.29, 1.82) is 0 Å². The molecule has 0 aromatic heterocycles. The van der Waals surface area contributed by atoms with Crippen LogP contribution < -0.4 is 33.2 Å². The fraction of sp³-hybridized carbons (Fsp3) is 0.700. The van der Waals surface area contributed by atoms with Crippen LogP contribution in [0.4, 0.5) is 0 Å². The number of aliphatic hydroxyl groups excluding tert-OH is 1. The van der Waals surface area contributed by atoms with Gasteiger partial charge in [0.1, 0.15) is 24.2 Å². The van der Waals surface area contributed by atoms with Crippen molar-refractivity contribution >= 4 is 35.6 Å². The average molecular weight is 504 g/mol. The van der Waals surface area contributed by atoms with E-state index < -0.39 is 66.9 Å². The summed E-state index contributed by atoms with van der Waals surface area (Å²) in [5, 5.41) is 34.5. The molecular weight excluding hydrogens is 466 g/mol. The molecule has 0 aliphatic heterocycles. The molecule has 35 heavy (non-hydrogen) atoms. The van der Waals surface area contributed by atoms with E-state index in [1.54, 1.807) is 13.8 Å². The monoisotopic (exact) mass is 503 g/mol. The summed E-state index contributed by atoms with van der Waals surface area (Å²) in [6.07, 6.45) is -0.441. The van der Waals surface area contributed by atoms with Crippen LogP contribution in [0.5, 0.6) is 0 Å². The standard InChI is InChI=1S/C20H37N7O8/c1-10(2)8-14(19(34)35)27-18(33)13(5-6-15(29)30)26-17(32)12(4-3-7-24-20(22)23)25-16(31)11(21)9-28/h10-14,28H,3-9,21H2,1-2H3,(H,25,31)(H,26,32)(H,27,33)(H,29,30)(H,34,35)(H4,22,23,24)/t11-,12-,13-,14+/m1/s1. The van der Waals surface area contributed by atoms with Crippen LogP contribution in [0.15, 0.2) is 4.99 Å². The lowest BCUT2D eigenvalue weighted by Crippen LogP contribution is -2.57. The SMILES string of the molecule is CC(C)C[C@H](NC(=O)[C@@H](CCC(=O)O)NC(=O)[C@@H](CCCN=C(N)N)NC(=O)[C@H](N)CO)C(=O)O. The number of guanidine groups is 1. The number of hydrogen-bond donors (Lipinski definition) is 9. The fourth-order valence-corrected chi connectivity index (χ4v) is 2.91. The molecule has 0 rings (SSSR count). The minimum atomic E-state index is -1.39. The van der Waals surface area contributed by atoms with Crippen molar-refractivity contribution in [2.45, 2.75) is 70.1 Å². The summed E-state index contributed by atoms with van der Waals surface area (Å²) in [7, 11) is 0. The van der Waals surface area contributed by atoms with Gasteiger partial charge in [0.2, 0.25) is 17.7 Å². The zero-order valence-corrected chi connectivity index (χ0v) is 19.9. The minimum Gasteiger partial charge on any atom is -0.481 e. The average Bonchev–Trinajstić information content (AvgIpc) is 2.76. The van der Waals surface area contributed by atoms with E-state index in [-0.39, 0.29) is 44.1 Å². The number of hydrogen-bond acceptors (Lipinski definition) is 8. The quantitative estimate of drug-likeness (QED) is 0.0541. The third kappa shape index (κ3) is 13.7. The maximum atomic E-state index is 12.9. The van der Waals surface area contributed by atoms with Gasteiger partial charge in [0.15, 0.2) is 5.96 Å². The van der Waals surface area contributed by atoms with E-state index in [1.807, 2.05) is 0 Å². The van der Waals surface area contributed by atoms with Crippen LogP contribution in [-0.2, 0) is 24.0 Å². The van der Waals surface area contributed by atoms with Gasteiger partial charge in [-0.15, -0.1) is 0 Å². The number of carbonyl (C=O) groups excluding carboxylic acids is 3. The largest absolute Gasteiger partial charge is 0.481 e. The van der Waals surface area contributed by atoms with Gasteiger partial charge in [0.25, 0.3) is 0 Å². The molecule has 0 saturated carbocycles. The lowest BCUT2D eigenvalue weighted by molar-refractivity contribution is -0.143. The molecule has 0 radical (unpaired) electrons. The van der Waals surface area contributed by atoms with Crippen molar-refractivity contribution in [2.75, 3.05) is 13.2 Å². The Balaban J connectivity index is 5.61. The molecule has 0 aliphatic carbocycles. The summed E-state index contributed by atoms with van der Waals surface area (Å²) in [5.41, 5.74) is 16.0. The van der Waals surface area contributed by atoms with Crippen molar-refractivity contribution in [2.24, 2.45) is 28.1 Å². The van der Waals surface area contributed by atoms with Crippen LogP contribution in [0.25, 0.3) is 0 Å². The summed E-state index contributed by atoms with van der Waals surface area (Å²) >= 11 is 0. The van der Waals surface area contributed by atoms with E-state index in [0.717, 1.165) is 0 Å². The van der Waals surface area contributed by atoms with Crippen LogP contribution in [0.2, 0.25) is 0 Å². The van der Waals surface area contributed by atoms with E-state index in [0.29, 0.717) is 0 Å². The Morgan fingerprint density at radius 2 is 1.37 bits per heavy atom. The Kier molecular flexibility index (Phi) is 14.6. The molecule has 0 unspecified atom stereocenters. The van der Waals surface area contributed by atoms with Gasteiger partial charge in [-0.1, -0.05) is 13.8 Å². The molecule has 3 amide bonds. The third-order valence-corrected chi connectivity index (χ3v) is 4.71. The first-order valence-corrected chi connectivity index (χ1v) is 11.1. The number of aliphatic carboxylic acids is 2. The Morgan fingerprint density at radius 1 is 0.857 bits per heavy atom. The number of nitrogens with one attached hydrogen (secondary N) is 3. The van der Waals surface area contributed by atoms with Gasteiger partial charge < -0.3 is 48.5 Å². The molecule has 0 aliphatic rings. The highest BCUT2D eigenvalue weighted by molar-refractivity contribution is 5.94. The van der Waals surface area contributed by atoms with Crippen molar-refractivity contribution in [3.8, 4) is 0 Å². The number of carbonyl (C=O) groups is 5. The molecule has 0 saturated heterocycles. The van der Waals surface area contributed by atoms with Crippen molar-refractivity contribution < 1.29 is 39.3 Å². The lowest BCUT2D eigenvalue weighted by atomic mass is 10.0. The smallest absolute Gasteiger partial charge is 0.326 e. The maximum absolute atomic E-state index is 12.9. The Bertz CT molecular complexity index is 771. The Labute approximate surface area is 202 Å². The summed E-state index contributed by atoms with van der Waals surface area (Å²) < 4.78 is 0. The van der Waals surface area contributed by atoms with Crippen LogP contribution in [-0.4, -0.2) is 88.3 Å². The number of carboxylic acid groups (broad SMARTS) is 2. The third-order valence-electron chi connectivity index (χ3n) is 4.71. The van der Waals surface area contributed by atoms with E-state index >= 15 is 0 Å². The van der Waals surface area contributed by atoms with Gasteiger partial charge in [-0.05, 0) is 31.6 Å². The topological polar surface area (TPSA) is 273 Å². The van der Waals surface area contributed by atoms with Gasteiger partial charge in [0.05, 0.1) is 6.61 Å². The first-order valence-electron chi connectivity index (χ1n) is 11.1. The van der Waals surface area contributed by atoms with E-state index in [4.69, 9.17) is 27.4 Å². The molecule has 15 heteroatoms. The summed E-state index contributed by atoms with van der Waals surface area (Å²) in [5.74, 6) is -5.30. The molecule has 0 heterocycles. The normalized spacial score (nSPS) is 14.2. The van der Waals surface area contributed by atoms with Gasteiger partial charge in [0, 0.05) is 13.0 Å². The van der Waals surface area contributed by atoms with Gasteiger partial charge in [-0.3, -0.25) is 24.2 Å². The van der Waals surface area contributed by atoms with Crippen LogP contribution in [0.3, 0.4) is 0 Å². The van der Waals surface area contributed by atoms with E-state index in [9.17, 15) is 29.1 Å². The van der Waals surface area contributed by atoms with Gasteiger partial charge in [-0.2, -0.15) is 0 Å². The second kappa shape index (κ2) is 16.2. The summed E-state index contributed by atoms with van der Waals surface area (Å²) in [6, 6.07) is -5.16. The van der Waals surface area contributed by atoms with Crippen LogP contribution in [0.1, 0.15) is 46.0 Å². The highest BCUT2D eigenvalue weighted by Crippen LogP contribution is 2.08. The number of aliphatic hydroxyl groups is 1. The predicted octanol–water partition coefficient (Wildman–Crippen LogP) is -3.19. The highest BCUT2D eigenvalue weighted by atomic mass is 16.4. The van der Waals surface area contributed by atoms with Crippen LogP contribution in [0, 0.1) is 5.92 Å². The molecule has 200 valence electrons. The number of rotatable bonds is 17. The van der Waals surface area contributed by atoms with Gasteiger partial charge in [-0.25, -0.2) is 4.79 Å². The van der Waals surface area contributed by atoms with Crippen molar-refractivity contribution in [3.63, 3.8) is 0 Å². The zero-order chi connectivity index (χ0) is 27.1. The fourth-order valence-electron chi connectivity index (χ4n) is 2.91. The lowest BCUT2D eigenvalue weighted by Gasteiger charge is -2.25. The Hall–Kier alpha value is -3.46. The molecule has 4 atom stereocenters. The first kappa shape index (κ1) is 31.5. The number of nitrogens with two attached hydrogens (primary N) is 3. The van der Waals surface area contributed by atoms with E-state index in [2.05, 4.69) is 20.9 Å². The molecule has 0 fully saturated rings. The number of aliphatic imine (C=N–C) groups is 1. The number of carboxylic acids is 2. The molecule has 0 aromatic rings. The molecule has 0 spiro atoms. The Morgan fingerprint density at radius 3 is 1.83 bits per heavy atom. The summed E-state index contributed by atoms with van der Waals surface area (Å²) in [4.78, 5) is 64.1. The number of amides is 3. The van der Waals surface area contributed by atoms with Crippen molar-refractivity contribution in [1.82, 2.24) is 16.0 Å². The molecule has 12 N–H and O–H groups in total. The van der Waals surface area contributed by atoms with Crippen molar-refractivity contribution in [3.05, 3.63) is 0 Å². The summed E-state index contributed by atoms with van der Waals surface area (Å²) in [6.45, 7) is 2.98. The highest BCUT2D eigenvalue weighted by Gasteiger charge is 2.30. The zero-order valence-electron chi connectivity index (χ0n) is 19.9.